The van der Waals surface area contributed by atoms with Gasteiger partial charge in [0.05, 0.1) is 0 Å². The largest absolute Gasteiger partial charge is 0.306 e. The summed E-state index contributed by atoms with van der Waals surface area (Å²) in [6.45, 7) is 15.1. The molecular formula is C12H32NP. The first kappa shape index (κ1) is 19.9. The van der Waals surface area contributed by atoms with Crippen LogP contribution in [0.5, 0.6) is 0 Å². The highest BCUT2D eigenvalue weighted by molar-refractivity contribution is 7.37. The van der Waals surface area contributed by atoms with Gasteiger partial charge in [0.15, 0.2) is 0 Å². The quantitative estimate of drug-likeness (QED) is 0.611. The van der Waals surface area contributed by atoms with E-state index in [9.17, 15) is 0 Å². The molecule has 0 rings (SSSR count). The zero-order valence-corrected chi connectivity index (χ0v) is 12.5. The van der Waals surface area contributed by atoms with Crippen molar-refractivity contribution < 1.29 is 0 Å². The van der Waals surface area contributed by atoms with Crippen LogP contribution in [-0.2, 0) is 0 Å². The van der Waals surface area contributed by atoms with Gasteiger partial charge in [-0.15, -0.1) is 8.58 Å². The molecule has 90 valence electrons. The fraction of sp³-hybridized carbons (Fsp3) is 1.00. The molecule has 0 spiro atoms. The predicted molar refractivity (Wildman–Crippen MR) is 74.2 cm³/mol. The van der Waals surface area contributed by atoms with Crippen LogP contribution in [0.2, 0.25) is 0 Å². The molecule has 0 aromatic carbocycles. The Morgan fingerprint density at radius 1 is 1.00 bits per heavy atom. The normalized spacial score (nSPS) is 9.43. The molecule has 1 nitrogen and oxygen atoms in total. The van der Waals surface area contributed by atoms with Crippen molar-refractivity contribution in [3.8, 4) is 0 Å². The van der Waals surface area contributed by atoms with Crippen molar-refractivity contribution >= 4 is 8.58 Å². The van der Waals surface area contributed by atoms with Crippen LogP contribution < -0.4 is 0 Å². The van der Waals surface area contributed by atoms with Crippen molar-refractivity contribution in [2.24, 2.45) is 0 Å². The van der Waals surface area contributed by atoms with Gasteiger partial charge in [-0.05, 0) is 32.8 Å². The van der Waals surface area contributed by atoms with Crippen LogP contribution in [0.15, 0.2) is 0 Å². The maximum absolute atomic E-state index is 2.43. The lowest BCUT2D eigenvalue weighted by Crippen LogP contribution is -2.21. The van der Waals surface area contributed by atoms with E-state index < -0.39 is 0 Å². The molecule has 0 heterocycles. The van der Waals surface area contributed by atoms with E-state index in [1.807, 2.05) is 27.7 Å². The Morgan fingerprint density at radius 2 is 1.50 bits per heavy atom. The summed E-state index contributed by atoms with van der Waals surface area (Å²) in [6.07, 6.45) is 4.04. The summed E-state index contributed by atoms with van der Waals surface area (Å²) >= 11 is 0. The molecule has 0 saturated carbocycles. The van der Waals surface area contributed by atoms with Crippen molar-refractivity contribution in [3.63, 3.8) is 0 Å². The topological polar surface area (TPSA) is 3.24 Å². The van der Waals surface area contributed by atoms with Gasteiger partial charge in [-0.25, -0.2) is 0 Å². The highest BCUT2D eigenvalue weighted by atomic mass is 31.1. The average Bonchev–Trinajstić information content (AvgIpc) is 2.29. The predicted octanol–water partition coefficient (Wildman–Crippen LogP) is 4.08. The second-order valence-corrected chi connectivity index (χ2v) is 3.97. The first-order chi connectivity index (χ1) is 6.81. The third-order valence-corrected chi connectivity index (χ3v) is 2.36. The molecule has 0 N–H and O–H groups in total. The van der Waals surface area contributed by atoms with E-state index in [2.05, 4.69) is 25.5 Å². The molecule has 0 saturated heterocycles. The van der Waals surface area contributed by atoms with Crippen molar-refractivity contribution in [1.82, 2.24) is 4.90 Å². The summed E-state index contributed by atoms with van der Waals surface area (Å²) in [4.78, 5) is 2.43. The van der Waals surface area contributed by atoms with Gasteiger partial charge in [0, 0.05) is 6.54 Å². The van der Waals surface area contributed by atoms with Gasteiger partial charge >= 0.3 is 0 Å². The van der Waals surface area contributed by atoms with E-state index in [1.165, 1.54) is 32.1 Å². The average molecular weight is 221 g/mol. The molecule has 0 aliphatic carbocycles. The molecule has 0 aromatic rings. The van der Waals surface area contributed by atoms with Gasteiger partial charge < -0.3 is 4.90 Å². The molecule has 0 aliphatic rings. The van der Waals surface area contributed by atoms with Gasteiger partial charge in [0.25, 0.3) is 0 Å². The standard InChI is InChI=1S/C8H20NP.2C2H6/c1-4-5-6-9(2)7-8-10-3;2*1-2/h10H,4-8H2,1-3H3;2*1-2H3. The lowest BCUT2D eigenvalue weighted by molar-refractivity contribution is 0.348. The molecule has 0 amide bonds. The molecular weight excluding hydrogens is 189 g/mol. The highest BCUT2D eigenvalue weighted by Crippen LogP contribution is 2.01. The maximum Gasteiger partial charge on any atom is 0.00152 e. The molecule has 0 bridgehead atoms. The number of hydrogen-bond acceptors (Lipinski definition) is 1. The van der Waals surface area contributed by atoms with Crippen molar-refractivity contribution in [3.05, 3.63) is 0 Å². The molecule has 2 heteroatoms. The van der Waals surface area contributed by atoms with Crippen LogP contribution in [0.3, 0.4) is 0 Å². The minimum absolute atomic E-state index is 1.11. The monoisotopic (exact) mass is 221 g/mol. The third-order valence-electron chi connectivity index (χ3n) is 1.64. The summed E-state index contributed by atoms with van der Waals surface area (Å²) in [7, 11) is 3.33. The first-order valence-electron chi connectivity index (χ1n) is 6.14. The van der Waals surface area contributed by atoms with Crippen LogP contribution in [0.1, 0.15) is 47.5 Å². The van der Waals surface area contributed by atoms with E-state index in [-0.39, 0.29) is 0 Å². The number of nitrogens with zero attached hydrogens (tertiary/aromatic N) is 1. The minimum Gasteiger partial charge on any atom is -0.306 e. The van der Waals surface area contributed by atoms with Gasteiger partial charge in [0.2, 0.25) is 0 Å². The fourth-order valence-electron chi connectivity index (χ4n) is 0.842. The van der Waals surface area contributed by atoms with E-state index in [4.69, 9.17) is 0 Å². The second kappa shape index (κ2) is 23.3. The fourth-order valence-corrected chi connectivity index (χ4v) is 1.45. The summed E-state index contributed by atoms with van der Waals surface area (Å²) in [5.41, 5.74) is 0. The van der Waals surface area contributed by atoms with Crippen LogP contribution in [0, 0.1) is 0 Å². The van der Waals surface area contributed by atoms with E-state index >= 15 is 0 Å². The van der Waals surface area contributed by atoms with Crippen molar-refractivity contribution in [2.75, 3.05) is 33.0 Å². The second-order valence-electron chi connectivity index (χ2n) is 2.76. The Bertz CT molecular complexity index is 59.3. The Labute approximate surface area is 94.4 Å². The Kier molecular flexibility index (Phi) is 33.1. The smallest absolute Gasteiger partial charge is 0.00152 e. The van der Waals surface area contributed by atoms with Gasteiger partial charge in [-0.1, -0.05) is 41.0 Å². The van der Waals surface area contributed by atoms with Crippen molar-refractivity contribution in [1.29, 1.82) is 0 Å². The van der Waals surface area contributed by atoms with Crippen LogP contribution in [-0.4, -0.2) is 37.9 Å². The highest BCUT2D eigenvalue weighted by Gasteiger charge is 1.94. The first-order valence-corrected chi connectivity index (χ1v) is 7.85. The molecule has 14 heavy (non-hydrogen) atoms. The minimum atomic E-state index is 1.11. The molecule has 1 unspecified atom stereocenters. The van der Waals surface area contributed by atoms with E-state index in [1.54, 1.807) is 0 Å². The lowest BCUT2D eigenvalue weighted by Gasteiger charge is -2.14. The number of unbranched alkanes of at least 4 members (excludes halogenated alkanes) is 1. The van der Waals surface area contributed by atoms with Gasteiger partial charge in [0.1, 0.15) is 0 Å². The van der Waals surface area contributed by atoms with Crippen LogP contribution >= 0.6 is 8.58 Å². The maximum atomic E-state index is 2.43. The summed E-state index contributed by atoms with van der Waals surface area (Å²) in [5.74, 6) is 0. The third kappa shape index (κ3) is 22.8. The number of rotatable bonds is 6. The van der Waals surface area contributed by atoms with Crippen LogP contribution in [0.25, 0.3) is 0 Å². The molecule has 0 aliphatic heterocycles. The molecule has 0 fully saturated rings. The Balaban J connectivity index is -0.000000266. The SMILES string of the molecule is CC.CC.CCCCN(C)CCPC. The summed E-state index contributed by atoms with van der Waals surface area (Å²) in [6, 6.07) is 0. The van der Waals surface area contributed by atoms with Crippen molar-refractivity contribution in [2.45, 2.75) is 47.5 Å². The Morgan fingerprint density at radius 3 is 1.86 bits per heavy atom. The molecule has 0 aromatic heterocycles. The van der Waals surface area contributed by atoms with Gasteiger partial charge in [-0.2, -0.15) is 0 Å². The van der Waals surface area contributed by atoms with Gasteiger partial charge in [-0.3, -0.25) is 0 Å². The molecule has 1 atom stereocenters. The van der Waals surface area contributed by atoms with E-state index in [0.29, 0.717) is 0 Å². The summed E-state index contributed by atoms with van der Waals surface area (Å²) in [5, 5.41) is 0. The zero-order chi connectivity index (χ0) is 11.8. The molecule has 0 radical (unpaired) electrons. The summed E-state index contributed by atoms with van der Waals surface area (Å²) < 4.78 is 0. The lowest BCUT2D eigenvalue weighted by atomic mass is 10.3. The number of hydrogen-bond donors (Lipinski definition) is 0. The zero-order valence-electron chi connectivity index (χ0n) is 11.5. The van der Waals surface area contributed by atoms with E-state index in [0.717, 1.165) is 8.58 Å². The Hall–Kier alpha value is 0.390. The van der Waals surface area contributed by atoms with Crippen LogP contribution in [0.4, 0.5) is 0 Å².